The molecule has 0 aliphatic rings. The van der Waals surface area contributed by atoms with Crippen LogP contribution in [-0.2, 0) is 11.2 Å². The monoisotopic (exact) mass is 305 g/mol. The van der Waals surface area contributed by atoms with Gasteiger partial charge in [-0.1, -0.05) is 37.2 Å². The van der Waals surface area contributed by atoms with Crippen molar-refractivity contribution in [3.05, 3.63) is 35.7 Å². The van der Waals surface area contributed by atoms with Crippen LogP contribution in [0.15, 0.2) is 29.4 Å². The predicted octanol–water partition coefficient (Wildman–Crippen LogP) is 3.10. The lowest BCUT2D eigenvalue weighted by Gasteiger charge is -2.09. The molecule has 1 aromatic carbocycles. The average Bonchev–Trinajstić information content (AvgIpc) is 2.84. The van der Waals surface area contributed by atoms with Gasteiger partial charge in [0, 0.05) is 5.69 Å². The molecule has 6 heteroatoms. The lowest BCUT2D eigenvalue weighted by molar-refractivity contribution is -0.133. The van der Waals surface area contributed by atoms with E-state index in [4.69, 9.17) is 5.11 Å². The van der Waals surface area contributed by atoms with E-state index < -0.39 is 5.97 Å². The molecule has 0 atom stereocenters. The lowest BCUT2D eigenvalue weighted by Crippen LogP contribution is -2.03. The number of carbonyl (C=O) groups is 1. The molecule has 0 amide bonds. The SMILES string of the molecule is CCCCc1ccc(-n2c(C)nnc2SCC(=O)O)cc1. The largest absolute Gasteiger partial charge is 0.481 e. The van der Waals surface area contributed by atoms with Crippen LogP contribution >= 0.6 is 11.8 Å². The number of aromatic nitrogens is 3. The molecule has 1 heterocycles. The fourth-order valence-electron chi connectivity index (χ4n) is 2.05. The summed E-state index contributed by atoms with van der Waals surface area (Å²) in [7, 11) is 0. The zero-order chi connectivity index (χ0) is 15.2. The first kappa shape index (κ1) is 15.6. The number of rotatable bonds is 7. The van der Waals surface area contributed by atoms with Crippen molar-refractivity contribution in [2.75, 3.05) is 5.75 Å². The van der Waals surface area contributed by atoms with E-state index >= 15 is 0 Å². The summed E-state index contributed by atoms with van der Waals surface area (Å²) in [6.07, 6.45) is 3.45. The van der Waals surface area contributed by atoms with Gasteiger partial charge in [-0.15, -0.1) is 10.2 Å². The zero-order valence-electron chi connectivity index (χ0n) is 12.2. The van der Waals surface area contributed by atoms with E-state index in [0.717, 1.165) is 17.9 Å². The standard InChI is InChI=1S/C15H19N3O2S/c1-3-4-5-12-6-8-13(9-7-12)18-11(2)16-17-15(18)21-10-14(19)20/h6-9H,3-5,10H2,1-2H3,(H,19,20). The van der Waals surface area contributed by atoms with Crippen LogP contribution in [0.2, 0.25) is 0 Å². The molecule has 2 aromatic rings. The molecule has 1 N–H and O–H groups in total. The second-order valence-corrected chi connectivity index (χ2v) is 5.76. The second kappa shape index (κ2) is 7.26. The third kappa shape index (κ3) is 4.07. The van der Waals surface area contributed by atoms with Gasteiger partial charge >= 0.3 is 5.97 Å². The first-order valence-electron chi connectivity index (χ1n) is 6.97. The van der Waals surface area contributed by atoms with Gasteiger partial charge in [-0.2, -0.15) is 0 Å². The van der Waals surface area contributed by atoms with Crippen LogP contribution < -0.4 is 0 Å². The Balaban J connectivity index is 2.20. The van der Waals surface area contributed by atoms with Crippen LogP contribution in [0.1, 0.15) is 31.2 Å². The highest BCUT2D eigenvalue weighted by Crippen LogP contribution is 2.22. The van der Waals surface area contributed by atoms with E-state index in [9.17, 15) is 4.79 Å². The van der Waals surface area contributed by atoms with Crippen molar-refractivity contribution in [3.8, 4) is 5.69 Å². The van der Waals surface area contributed by atoms with E-state index in [1.54, 1.807) is 0 Å². The number of hydrogen-bond acceptors (Lipinski definition) is 4. The van der Waals surface area contributed by atoms with Gasteiger partial charge in [0.25, 0.3) is 0 Å². The zero-order valence-corrected chi connectivity index (χ0v) is 13.1. The van der Waals surface area contributed by atoms with E-state index in [-0.39, 0.29) is 5.75 Å². The fraction of sp³-hybridized carbons (Fsp3) is 0.400. The molecular formula is C15H19N3O2S. The maximum Gasteiger partial charge on any atom is 0.313 e. The quantitative estimate of drug-likeness (QED) is 0.796. The number of aryl methyl sites for hydroxylation is 2. The predicted molar refractivity (Wildman–Crippen MR) is 83.1 cm³/mol. The van der Waals surface area contributed by atoms with Crippen molar-refractivity contribution in [3.63, 3.8) is 0 Å². The molecule has 2 rings (SSSR count). The molecule has 5 nitrogen and oxygen atoms in total. The Kier molecular flexibility index (Phi) is 5.38. The molecule has 0 unspecified atom stereocenters. The van der Waals surface area contributed by atoms with Crippen LogP contribution in [0.4, 0.5) is 0 Å². The van der Waals surface area contributed by atoms with Crippen LogP contribution in [0.25, 0.3) is 5.69 Å². The first-order valence-corrected chi connectivity index (χ1v) is 7.96. The van der Waals surface area contributed by atoms with Crippen LogP contribution in [0.5, 0.6) is 0 Å². The van der Waals surface area contributed by atoms with Crippen molar-refractivity contribution >= 4 is 17.7 Å². The summed E-state index contributed by atoms with van der Waals surface area (Å²) in [5.41, 5.74) is 2.27. The highest BCUT2D eigenvalue weighted by Gasteiger charge is 2.12. The molecular weight excluding hydrogens is 286 g/mol. The summed E-state index contributed by atoms with van der Waals surface area (Å²) in [5.74, 6) is -0.126. The highest BCUT2D eigenvalue weighted by molar-refractivity contribution is 7.99. The minimum Gasteiger partial charge on any atom is -0.481 e. The number of carboxylic acids is 1. The molecule has 1 aromatic heterocycles. The molecule has 21 heavy (non-hydrogen) atoms. The summed E-state index contributed by atoms with van der Waals surface area (Å²) >= 11 is 1.18. The Labute approximate surface area is 128 Å². The number of benzene rings is 1. The van der Waals surface area contributed by atoms with Gasteiger partial charge < -0.3 is 5.11 Å². The van der Waals surface area contributed by atoms with Crippen LogP contribution in [0, 0.1) is 6.92 Å². The Bertz CT molecular complexity index is 608. The van der Waals surface area contributed by atoms with E-state index in [1.807, 2.05) is 23.6 Å². The van der Waals surface area contributed by atoms with Gasteiger partial charge in [0.2, 0.25) is 0 Å². The van der Waals surface area contributed by atoms with Crippen LogP contribution in [-0.4, -0.2) is 31.6 Å². The first-order chi connectivity index (χ1) is 10.1. The number of thioether (sulfide) groups is 1. The Morgan fingerprint density at radius 1 is 1.29 bits per heavy atom. The summed E-state index contributed by atoms with van der Waals surface area (Å²) in [6.45, 7) is 4.05. The van der Waals surface area contributed by atoms with Crippen molar-refractivity contribution < 1.29 is 9.90 Å². The normalized spacial score (nSPS) is 10.8. The molecule has 112 valence electrons. The fourth-order valence-corrected chi connectivity index (χ4v) is 2.77. The van der Waals surface area contributed by atoms with Crippen molar-refractivity contribution in [2.24, 2.45) is 0 Å². The minimum absolute atomic E-state index is 0.0211. The molecule has 0 bridgehead atoms. The Hall–Kier alpha value is -1.82. The van der Waals surface area contributed by atoms with Gasteiger partial charge in [0.05, 0.1) is 5.75 Å². The third-order valence-electron chi connectivity index (χ3n) is 3.13. The summed E-state index contributed by atoms with van der Waals surface area (Å²) in [6, 6.07) is 8.28. The number of unbranched alkanes of at least 4 members (excludes halogenated alkanes) is 1. The second-order valence-electron chi connectivity index (χ2n) is 4.82. The molecule has 0 saturated carbocycles. The molecule has 0 fully saturated rings. The van der Waals surface area contributed by atoms with Crippen molar-refractivity contribution in [2.45, 2.75) is 38.3 Å². The smallest absolute Gasteiger partial charge is 0.313 e. The maximum atomic E-state index is 10.7. The van der Waals surface area contributed by atoms with Gasteiger partial charge in [0.1, 0.15) is 5.82 Å². The van der Waals surface area contributed by atoms with E-state index in [0.29, 0.717) is 5.16 Å². The van der Waals surface area contributed by atoms with Gasteiger partial charge in [-0.3, -0.25) is 9.36 Å². The van der Waals surface area contributed by atoms with Crippen molar-refractivity contribution in [1.29, 1.82) is 0 Å². The van der Waals surface area contributed by atoms with Gasteiger partial charge in [0.15, 0.2) is 5.16 Å². The van der Waals surface area contributed by atoms with Gasteiger partial charge in [-0.05, 0) is 37.5 Å². The van der Waals surface area contributed by atoms with Crippen LogP contribution in [0.3, 0.4) is 0 Å². The molecule has 0 saturated heterocycles. The van der Waals surface area contributed by atoms with E-state index in [2.05, 4.69) is 29.3 Å². The number of carboxylic acid groups (broad SMARTS) is 1. The third-order valence-corrected chi connectivity index (χ3v) is 4.05. The maximum absolute atomic E-state index is 10.7. The summed E-state index contributed by atoms with van der Waals surface area (Å²) in [5, 5.41) is 17.5. The van der Waals surface area contributed by atoms with E-state index in [1.165, 1.54) is 30.2 Å². The summed E-state index contributed by atoms with van der Waals surface area (Å²) in [4.78, 5) is 10.7. The molecule has 0 aliphatic carbocycles. The number of aliphatic carboxylic acids is 1. The number of nitrogens with zero attached hydrogens (tertiary/aromatic N) is 3. The summed E-state index contributed by atoms with van der Waals surface area (Å²) < 4.78 is 1.89. The lowest BCUT2D eigenvalue weighted by atomic mass is 10.1. The van der Waals surface area contributed by atoms with Crippen molar-refractivity contribution in [1.82, 2.24) is 14.8 Å². The van der Waals surface area contributed by atoms with Gasteiger partial charge in [-0.25, -0.2) is 0 Å². The Morgan fingerprint density at radius 2 is 2.00 bits per heavy atom. The molecule has 0 radical (unpaired) electrons. The highest BCUT2D eigenvalue weighted by atomic mass is 32.2. The molecule has 0 spiro atoms. The minimum atomic E-state index is -0.859. The Morgan fingerprint density at radius 3 is 2.62 bits per heavy atom. The number of hydrogen-bond donors (Lipinski definition) is 1. The topological polar surface area (TPSA) is 68.0 Å². The average molecular weight is 305 g/mol. The molecule has 0 aliphatic heterocycles.